The maximum atomic E-state index is 13.5. The van der Waals surface area contributed by atoms with Crippen LogP contribution in [0.2, 0.25) is 5.02 Å². The monoisotopic (exact) mass is 276 g/mol. The van der Waals surface area contributed by atoms with Crippen molar-refractivity contribution in [3.8, 4) is 0 Å². The molecular weight excluding hydrogens is 263 g/mol. The SMILES string of the molecule is CCOC(=O)CC(O)C(O)c1ccc(Cl)cc1F. The van der Waals surface area contributed by atoms with Gasteiger partial charge >= 0.3 is 5.97 Å². The summed E-state index contributed by atoms with van der Waals surface area (Å²) in [5, 5.41) is 19.5. The molecule has 2 N–H and O–H groups in total. The van der Waals surface area contributed by atoms with Gasteiger partial charge in [-0.1, -0.05) is 17.7 Å². The fourth-order valence-electron chi connectivity index (χ4n) is 1.45. The van der Waals surface area contributed by atoms with Crippen LogP contribution in [0.5, 0.6) is 0 Å². The van der Waals surface area contributed by atoms with E-state index < -0.39 is 30.4 Å². The summed E-state index contributed by atoms with van der Waals surface area (Å²) in [6, 6.07) is 3.67. The van der Waals surface area contributed by atoms with Crippen LogP contribution in [0.1, 0.15) is 25.0 Å². The molecule has 100 valence electrons. The zero-order chi connectivity index (χ0) is 13.7. The molecule has 1 aromatic rings. The molecule has 2 atom stereocenters. The number of aliphatic hydroxyl groups excluding tert-OH is 2. The van der Waals surface area contributed by atoms with Crippen molar-refractivity contribution in [3.05, 3.63) is 34.6 Å². The Hall–Kier alpha value is -1.17. The third-order valence-corrected chi connectivity index (χ3v) is 2.56. The van der Waals surface area contributed by atoms with Crippen molar-refractivity contribution in [1.29, 1.82) is 0 Å². The van der Waals surface area contributed by atoms with Crippen molar-refractivity contribution >= 4 is 17.6 Å². The van der Waals surface area contributed by atoms with Gasteiger partial charge in [-0.05, 0) is 19.1 Å². The maximum Gasteiger partial charge on any atom is 0.308 e. The molecule has 6 heteroatoms. The summed E-state index contributed by atoms with van der Waals surface area (Å²) in [6.45, 7) is 1.80. The Morgan fingerprint density at radius 2 is 2.17 bits per heavy atom. The van der Waals surface area contributed by atoms with Gasteiger partial charge in [0, 0.05) is 10.6 Å². The van der Waals surface area contributed by atoms with E-state index in [1.54, 1.807) is 6.92 Å². The quantitative estimate of drug-likeness (QED) is 0.805. The van der Waals surface area contributed by atoms with E-state index in [0.717, 1.165) is 6.07 Å². The normalized spacial score (nSPS) is 14.1. The van der Waals surface area contributed by atoms with Crippen molar-refractivity contribution in [2.75, 3.05) is 6.61 Å². The summed E-state index contributed by atoms with van der Waals surface area (Å²) in [7, 11) is 0. The van der Waals surface area contributed by atoms with Crippen LogP contribution in [0.25, 0.3) is 0 Å². The molecule has 0 saturated heterocycles. The molecule has 0 aliphatic carbocycles. The van der Waals surface area contributed by atoms with Gasteiger partial charge in [0.2, 0.25) is 0 Å². The molecule has 0 bridgehead atoms. The first-order valence-corrected chi connectivity index (χ1v) is 5.80. The van der Waals surface area contributed by atoms with E-state index in [9.17, 15) is 19.4 Å². The van der Waals surface area contributed by atoms with Gasteiger partial charge in [-0.2, -0.15) is 0 Å². The van der Waals surface area contributed by atoms with Gasteiger partial charge in [0.1, 0.15) is 11.9 Å². The minimum absolute atomic E-state index is 0.115. The van der Waals surface area contributed by atoms with Gasteiger partial charge in [0.15, 0.2) is 0 Å². The fourth-order valence-corrected chi connectivity index (χ4v) is 1.61. The second-order valence-electron chi connectivity index (χ2n) is 3.69. The van der Waals surface area contributed by atoms with E-state index in [4.69, 9.17) is 11.6 Å². The minimum Gasteiger partial charge on any atom is -0.466 e. The largest absolute Gasteiger partial charge is 0.466 e. The maximum absolute atomic E-state index is 13.5. The highest BCUT2D eigenvalue weighted by molar-refractivity contribution is 6.30. The average molecular weight is 277 g/mol. The number of ether oxygens (including phenoxy) is 1. The third-order valence-electron chi connectivity index (χ3n) is 2.33. The highest BCUT2D eigenvalue weighted by Gasteiger charge is 2.24. The Balaban J connectivity index is 2.73. The molecule has 0 aliphatic rings. The third kappa shape index (κ3) is 3.94. The number of aliphatic hydroxyl groups is 2. The summed E-state index contributed by atoms with van der Waals surface area (Å²) in [6.07, 6.45) is -3.34. The topological polar surface area (TPSA) is 66.8 Å². The van der Waals surface area contributed by atoms with Crippen molar-refractivity contribution in [2.24, 2.45) is 0 Å². The number of carbonyl (C=O) groups is 1. The molecular formula is C12H14ClFO4. The Bertz CT molecular complexity index is 425. The first kappa shape index (κ1) is 14.9. The number of hydrogen-bond donors (Lipinski definition) is 2. The Morgan fingerprint density at radius 1 is 1.50 bits per heavy atom. The summed E-state index contributed by atoms with van der Waals surface area (Å²) in [5.74, 6) is -1.39. The highest BCUT2D eigenvalue weighted by atomic mass is 35.5. The molecule has 18 heavy (non-hydrogen) atoms. The zero-order valence-corrected chi connectivity index (χ0v) is 10.5. The molecule has 0 heterocycles. The highest BCUT2D eigenvalue weighted by Crippen LogP contribution is 2.24. The fraction of sp³-hybridized carbons (Fsp3) is 0.417. The molecule has 0 aromatic heterocycles. The Kier molecular flexibility index (Phi) is 5.53. The van der Waals surface area contributed by atoms with Crippen LogP contribution in [0, 0.1) is 5.82 Å². The molecule has 1 aromatic carbocycles. The lowest BCUT2D eigenvalue weighted by Crippen LogP contribution is -2.23. The minimum atomic E-state index is -1.51. The van der Waals surface area contributed by atoms with Crippen LogP contribution in [0.15, 0.2) is 18.2 Å². The van der Waals surface area contributed by atoms with E-state index in [1.165, 1.54) is 12.1 Å². The number of halogens is 2. The summed E-state index contributed by atoms with van der Waals surface area (Å²) < 4.78 is 18.1. The molecule has 0 saturated carbocycles. The second kappa shape index (κ2) is 6.68. The molecule has 0 spiro atoms. The van der Waals surface area contributed by atoms with Gasteiger partial charge in [0.05, 0.1) is 19.1 Å². The standard InChI is InChI=1S/C12H14ClFO4/c1-2-18-11(16)6-10(15)12(17)8-4-3-7(13)5-9(8)14/h3-5,10,12,15,17H,2,6H2,1H3. The molecule has 2 unspecified atom stereocenters. The summed E-state index contributed by atoms with van der Waals surface area (Å²) in [5.41, 5.74) is -0.115. The zero-order valence-electron chi connectivity index (χ0n) is 9.77. The number of benzene rings is 1. The van der Waals surface area contributed by atoms with E-state index in [2.05, 4.69) is 4.74 Å². The lowest BCUT2D eigenvalue weighted by molar-refractivity contribution is -0.147. The van der Waals surface area contributed by atoms with Gasteiger partial charge in [-0.25, -0.2) is 4.39 Å². The van der Waals surface area contributed by atoms with Crippen LogP contribution in [-0.4, -0.2) is 28.9 Å². The summed E-state index contributed by atoms with van der Waals surface area (Å²) in [4.78, 5) is 11.1. The molecule has 0 fully saturated rings. The van der Waals surface area contributed by atoms with Crippen LogP contribution < -0.4 is 0 Å². The van der Waals surface area contributed by atoms with Crippen molar-refractivity contribution in [2.45, 2.75) is 25.6 Å². The van der Waals surface area contributed by atoms with Crippen molar-refractivity contribution in [3.63, 3.8) is 0 Å². The van der Waals surface area contributed by atoms with Crippen LogP contribution in [0.4, 0.5) is 4.39 Å². The van der Waals surface area contributed by atoms with Crippen LogP contribution >= 0.6 is 11.6 Å². The van der Waals surface area contributed by atoms with Gasteiger partial charge in [-0.15, -0.1) is 0 Å². The molecule has 0 radical (unpaired) electrons. The van der Waals surface area contributed by atoms with Crippen molar-refractivity contribution in [1.82, 2.24) is 0 Å². The first-order chi connectivity index (χ1) is 8.45. The smallest absolute Gasteiger partial charge is 0.308 e. The summed E-state index contributed by atoms with van der Waals surface area (Å²) >= 11 is 5.57. The van der Waals surface area contributed by atoms with Gasteiger partial charge < -0.3 is 14.9 Å². The molecule has 4 nitrogen and oxygen atoms in total. The van der Waals surface area contributed by atoms with Crippen LogP contribution in [0.3, 0.4) is 0 Å². The molecule has 1 rings (SSSR count). The van der Waals surface area contributed by atoms with Crippen LogP contribution in [-0.2, 0) is 9.53 Å². The van der Waals surface area contributed by atoms with Crippen molar-refractivity contribution < 1.29 is 24.1 Å². The number of hydrogen-bond acceptors (Lipinski definition) is 4. The van der Waals surface area contributed by atoms with E-state index in [0.29, 0.717) is 0 Å². The van der Waals surface area contributed by atoms with Gasteiger partial charge in [0.25, 0.3) is 0 Å². The second-order valence-corrected chi connectivity index (χ2v) is 4.12. The lowest BCUT2D eigenvalue weighted by atomic mass is 10.0. The predicted octanol–water partition coefficient (Wildman–Crippen LogP) is 1.83. The molecule has 0 amide bonds. The van der Waals surface area contributed by atoms with E-state index in [-0.39, 0.29) is 17.2 Å². The molecule has 0 aliphatic heterocycles. The number of rotatable bonds is 5. The number of carbonyl (C=O) groups excluding carboxylic acids is 1. The first-order valence-electron chi connectivity index (χ1n) is 5.42. The predicted molar refractivity (Wildman–Crippen MR) is 63.6 cm³/mol. The van der Waals surface area contributed by atoms with E-state index >= 15 is 0 Å². The van der Waals surface area contributed by atoms with Gasteiger partial charge in [-0.3, -0.25) is 4.79 Å². The average Bonchev–Trinajstić information content (AvgIpc) is 2.28. The number of esters is 1. The lowest BCUT2D eigenvalue weighted by Gasteiger charge is -2.18. The Labute approximate surface area is 109 Å². The van der Waals surface area contributed by atoms with E-state index in [1.807, 2.05) is 0 Å². The Morgan fingerprint density at radius 3 is 2.72 bits per heavy atom.